The Bertz CT molecular complexity index is 509. The zero-order chi connectivity index (χ0) is 12.3. The molecule has 1 heterocycles. The first-order valence-electron chi connectivity index (χ1n) is 4.95. The van der Waals surface area contributed by atoms with Gasteiger partial charge in [0.2, 0.25) is 5.28 Å². The molecule has 2 aromatic rings. The van der Waals surface area contributed by atoms with Gasteiger partial charge in [-0.15, -0.1) is 0 Å². The standard InChI is InChI=1S/C12H11ClN2O2/c1-16-9-5-8(6-10(7-9)17-2)11-3-4-14-12(13)15-11/h3-7H,1-2H3. The fourth-order valence-electron chi connectivity index (χ4n) is 1.45. The highest BCUT2D eigenvalue weighted by Crippen LogP contribution is 2.28. The summed E-state index contributed by atoms with van der Waals surface area (Å²) in [7, 11) is 3.21. The second-order valence-electron chi connectivity index (χ2n) is 3.31. The lowest BCUT2D eigenvalue weighted by molar-refractivity contribution is 0.394. The number of hydrogen-bond donors (Lipinski definition) is 0. The second kappa shape index (κ2) is 5.01. The number of methoxy groups -OCH3 is 2. The van der Waals surface area contributed by atoms with Crippen molar-refractivity contribution in [2.45, 2.75) is 0 Å². The maximum absolute atomic E-state index is 5.76. The fraction of sp³-hybridized carbons (Fsp3) is 0.167. The van der Waals surface area contributed by atoms with Crippen LogP contribution in [0.15, 0.2) is 30.5 Å². The number of benzene rings is 1. The van der Waals surface area contributed by atoms with Gasteiger partial charge in [-0.3, -0.25) is 0 Å². The number of hydrogen-bond acceptors (Lipinski definition) is 4. The van der Waals surface area contributed by atoms with Crippen LogP contribution in [0.25, 0.3) is 11.3 Å². The highest BCUT2D eigenvalue weighted by Gasteiger charge is 2.06. The average Bonchev–Trinajstić information content (AvgIpc) is 2.38. The number of aromatic nitrogens is 2. The van der Waals surface area contributed by atoms with E-state index in [1.807, 2.05) is 12.1 Å². The summed E-state index contributed by atoms with van der Waals surface area (Å²) in [5, 5.41) is 0.212. The van der Waals surface area contributed by atoms with Crippen molar-refractivity contribution in [3.05, 3.63) is 35.7 Å². The summed E-state index contributed by atoms with van der Waals surface area (Å²) < 4.78 is 10.4. The second-order valence-corrected chi connectivity index (χ2v) is 3.65. The predicted octanol–water partition coefficient (Wildman–Crippen LogP) is 2.81. The van der Waals surface area contributed by atoms with Crippen LogP contribution in [0.5, 0.6) is 11.5 Å². The molecule has 17 heavy (non-hydrogen) atoms. The molecule has 1 aromatic heterocycles. The van der Waals surface area contributed by atoms with Crippen LogP contribution in [0, 0.1) is 0 Å². The average molecular weight is 251 g/mol. The molecule has 0 amide bonds. The van der Waals surface area contributed by atoms with Crippen molar-refractivity contribution in [2.75, 3.05) is 14.2 Å². The van der Waals surface area contributed by atoms with E-state index in [9.17, 15) is 0 Å². The first kappa shape index (κ1) is 11.7. The molecule has 0 radical (unpaired) electrons. The highest BCUT2D eigenvalue weighted by atomic mass is 35.5. The largest absolute Gasteiger partial charge is 0.497 e. The van der Waals surface area contributed by atoms with Crippen LogP contribution in [0.2, 0.25) is 5.28 Å². The first-order chi connectivity index (χ1) is 8.22. The molecule has 0 aliphatic carbocycles. The van der Waals surface area contributed by atoms with Crippen LogP contribution >= 0.6 is 11.6 Å². The van der Waals surface area contributed by atoms with Crippen LogP contribution in [0.4, 0.5) is 0 Å². The minimum absolute atomic E-state index is 0.212. The van der Waals surface area contributed by atoms with Gasteiger partial charge in [-0.1, -0.05) is 0 Å². The fourth-order valence-corrected chi connectivity index (χ4v) is 1.60. The van der Waals surface area contributed by atoms with Crippen molar-refractivity contribution < 1.29 is 9.47 Å². The Hall–Kier alpha value is -1.81. The smallest absolute Gasteiger partial charge is 0.222 e. The molecule has 2 rings (SSSR count). The molecule has 0 saturated carbocycles. The molecular weight excluding hydrogens is 240 g/mol. The van der Waals surface area contributed by atoms with Crippen LogP contribution in [0.3, 0.4) is 0 Å². The van der Waals surface area contributed by atoms with Gasteiger partial charge in [0.05, 0.1) is 19.9 Å². The molecule has 5 heteroatoms. The summed E-state index contributed by atoms with van der Waals surface area (Å²) in [6.45, 7) is 0. The highest BCUT2D eigenvalue weighted by molar-refractivity contribution is 6.28. The Balaban J connectivity index is 2.50. The summed E-state index contributed by atoms with van der Waals surface area (Å²) in [6, 6.07) is 7.30. The molecular formula is C12H11ClN2O2. The van der Waals surface area contributed by atoms with Gasteiger partial charge in [-0.25, -0.2) is 9.97 Å². The molecule has 0 atom stereocenters. The Morgan fingerprint density at radius 1 is 1.06 bits per heavy atom. The van der Waals surface area contributed by atoms with Crippen molar-refractivity contribution in [3.63, 3.8) is 0 Å². The van der Waals surface area contributed by atoms with Crippen molar-refractivity contribution in [1.29, 1.82) is 0 Å². The first-order valence-corrected chi connectivity index (χ1v) is 5.32. The van der Waals surface area contributed by atoms with E-state index < -0.39 is 0 Å². The van der Waals surface area contributed by atoms with Gasteiger partial charge in [0.25, 0.3) is 0 Å². The van der Waals surface area contributed by atoms with Gasteiger partial charge in [0, 0.05) is 17.8 Å². The van der Waals surface area contributed by atoms with Crippen LogP contribution < -0.4 is 9.47 Å². The van der Waals surface area contributed by atoms with E-state index in [0.717, 1.165) is 11.3 Å². The van der Waals surface area contributed by atoms with E-state index in [1.54, 1.807) is 32.5 Å². The SMILES string of the molecule is COc1cc(OC)cc(-c2ccnc(Cl)n2)c1. The molecule has 0 aliphatic rings. The van der Waals surface area contributed by atoms with Gasteiger partial charge >= 0.3 is 0 Å². The Morgan fingerprint density at radius 2 is 1.71 bits per heavy atom. The van der Waals surface area contributed by atoms with E-state index in [1.165, 1.54) is 0 Å². The number of nitrogens with zero attached hydrogens (tertiary/aromatic N) is 2. The van der Waals surface area contributed by atoms with Crippen molar-refractivity contribution in [3.8, 4) is 22.8 Å². The van der Waals surface area contributed by atoms with Gasteiger partial charge in [-0.2, -0.15) is 0 Å². The minimum Gasteiger partial charge on any atom is -0.497 e. The number of rotatable bonds is 3. The molecule has 4 nitrogen and oxygen atoms in total. The van der Waals surface area contributed by atoms with E-state index in [2.05, 4.69) is 9.97 Å². The lowest BCUT2D eigenvalue weighted by Crippen LogP contribution is -1.91. The van der Waals surface area contributed by atoms with Gasteiger partial charge < -0.3 is 9.47 Å². The van der Waals surface area contributed by atoms with E-state index in [-0.39, 0.29) is 5.28 Å². The minimum atomic E-state index is 0.212. The van der Waals surface area contributed by atoms with Crippen LogP contribution in [-0.4, -0.2) is 24.2 Å². The van der Waals surface area contributed by atoms with Crippen LogP contribution in [0.1, 0.15) is 0 Å². The van der Waals surface area contributed by atoms with Gasteiger partial charge in [-0.05, 0) is 29.8 Å². The normalized spacial score (nSPS) is 10.1. The van der Waals surface area contributed by atoms with E-state index in [0.29, 0.717) is 11.5 Å². The quantitative estimate of drug-likeness (QED) is 0.786. The van der Waals surface area contributed by atoms with E-state index in [4.69, 9.17) is 21.1 Å². The zero-order valence-corrected chi connectivity index (χ0v) is 10.2. The lowest BCUT2D eigenvalue weighted by Gasteiger charge is -2.07. The molecule has 0 fully saturated rings. The molecule has 0 aliphatic heterocycles. The van der Waals surface area contributed by atoms with Crippen molar-refractivity contribution in [2.24, 2.45) is 0 Å². The topological polar surface area (TPSA) is 44.2 Å². The lowest BCUT2D eigenvalue weighted by atomic mass is 10.1. The molecule has 0 saturated heterocycles. The summed E-state index contributed by atoms with van der Waals surface area (Å²) in [6.07, 6.45) is 1.61. The Labute approximate surface area is 104 Å². The Morgan fingerprint density at radius 3 is 2.24 bits per heavy atom. The van der Waals surface area contributed by atoms with Crippen molar-refractivity contribution in [1.82, 2.24) is 9.97 Å². The van der Waals surface area contributed by atoms with Gasteiger partial charge in [0.1, 0.15) is 11.5 Å². The Kier molecular flexibility index (Phi) is 3.44. The molecule has 0 N–H and O–H groups in total. The third-order valence-corrected chi connectivity index (χ3v) is 2.46. The number of ether oxygens (including phenoxy) is 2. The maximum Gasteiger partial charge on any atom is 0.222 e. The molecule has 88 valence electrons. The van der Waals surface area contributed by atoms with Crippen LogP contribution in [-0.2, 0) is 0 Å². The summed E-state index contributed by atoms with van der Waals surface area (Å²) in [5.74, 6) is 1.41. The zero-order valence-electron chi connectivity index (χ0n) is 9.48. The summed E-state index contributed by atoms with van der Waals surface area (Å²) in [4.78, 5) is 7.98. The maximum atomic E-state index is 5.76. The third-order valence-electron chi connectivity index (χ3n) is 2.27. The van der Waals surface area contributed by atoms with Gasteiger partial charge in [0.15, 0.2) is 0 Å². The summed E-state index contributed by atoms with van der Waals surface area (Å²) >= 11 is 5.76. The summed E-state index contributed by atoms with van der Waals surface area (Å²) in [5.41, 5.74) is 1.59. The number of halogens is 1. The third kappa shape index (κ3) is 2.65. The van der Waals surface area contributed by atoms with Crippen molar-refractivity contribution >= 4 is 11.6 Å². The molecule has 0 bridgehead atoms. The molecule has 0 unspecified atom stereocenters. The monoisotopic (exact) mass is 250 g/mol. The van der Waals surface area contributed by atoms with E-state index >= 15 is 0 Å². The molecule has 1 aromatic carbocycles. The predicted molar refractivity (Wildman–Crippen MR) is 65.6 cm³/mol. The molecule has 0 spiro atoms.